The minimum atomic E-state index is -0.365. The second kappa shape index (κ2) is 8.04. The van der Waals surface area contributed by atoms with Crippen LogP contribution >= 0.6 is 0 Å². The van der Waals surface area contributed by atoms with Crippen molar-refractivity contribution in [1.29, 1.82) is 0 Å². The zero-order chi connectivity index (χ0) is 15.0. The number of carbonyl (C=O) groups excluding carboxylic acids is 2. The number of methoxy groups -OCH3 is 2. The molecule has 6 heteroatoms. The second-order valence-corrected chi connectivity index (χ2v) is 4.10. The Hall–Kier alpha value is -2.24. The average molecular weight is 280 g/mol. The number of benzene rings is 1. The van der Waals surface area contributed by atoms with Gasteiger partial charge in [0.2, 0.25) is 5.91 Å². The van der Waals surface area contributed by atoms with Crippen LogP contribution in [0.2, 0.25) is 0 Å². The van der Waals surface area contributed by atoms with E-state index in [-0.39, 0.29) is 18.4 Å². The third-order valence-corrected chi connectivity index (χ3v) is 2.63. The van der Waals surface area contributed by atoms with Crippen LogP contribution in [0.25, 0.3) is 0 Å². The standard InChI is InChI=1S/C14H20N2O4/c1-4-7-15-13(17)9-16-14(18)11-6-5-10(19-2)8-12(11)20-3/h5-6,8H,4,7,9H2,1-3H3,(H,15,17)(H,16,18). The monoisotopic (exact) mass is 280 g/mol. The molecule has 0 spiro atoms. The first-order chi connectivity index (χ1) is 9.62. The Kier molecular flexibility index (Phi) is 6.36. The summed E-state index contributed by atoms with van der Waals surface area (Å²) in [4.78, 5) is 23.4. The van der Waals surface area contributed by atoms with Crippen molar-refractivity contribution in [3.63, 3.8) is 0 Å². The van der Waals surface area contributed by atoms with Gasteiger partial charge in [0.1, 0.15) is 11.5 Å². The Bertz CT molecular complexity index is 474. The van der Waals surface area contributed by atoms with E-state index in [9.17, 15) is 9.59 Å². The van der Waals surface area contributed by atoms with Crippen molar-refractivity contribution in [2.24, 2.45) is 0 Å². The van der Waals surface area contributed by atoms with Crippen LogP contribution in [-0.4, -0.2) is 39.1 Å². The van der Waals surface area contributed by atoms with E-state index < -0.39 is 0 Å². The van der Waals surface area contributed by atoms with Crippen LogP contribution in [0.1, 0.15) is 23.7 Å². The van der Waals surface area contributed by atoms with Crippen LogP contribution in [0, 0.1) is 0 Å². The minimum Gasteiger partial charge on any atom is -0.497 e. The van der Waals surface area contributed by atoms with E-state index in [4.69, 9.17) is 9.47 Å². The van der Waals surface area contributed by atoms with Crippen molar-refractivity contribution in [1.82, 2.24) is 10.6 Å². The number of nitrogens with one attached hydrogen (secondary N) is 2. The largest absolute Gasteiger partial charge is 0.497 e. The van der Waals surface area contributed by atoms with Crippen LogP contribution in [0.5, 0.6) is 11.5 Å². The van der Waals surface area contributed by atoms with Gasteiger partial charge in [0, 0.05) is 12.6 Å². The fraction of sp³-hybridized carbons (Fsp3) is 0.429. The zero-order valence-electron chi connectivity index (χ0n) is 12.0. The highest BCUT2D eigenvalue weighted by Gasteiger charge is 2.14. The van der Waals surface area contributed by atoms with Gasteiger partial charge in [-0.2, -0.15) is 0 Å². The van der Waals surface area contributed by atoms with Crippen LogP contribution in [0.3, 0.4) is 0 Å². The Morgan fingerprint density at radius 2 is 1.90 bits per heavy atom. The summed E-state index contributed by atoms with van der Waals surface area (Å²) in [5.41, 5.74) is 0.358. The van der Waals surface area contributed by atoms with Gasteiger partial charge >= 0.3 is 0 Å². The van der Waals surface area contributed by atoms with Crippen LogP contribution in [0.4, 0.5) is 0 Å². The molecule has 0 unspecified atom stereocenters. The van der Waals surface area contributed by atoms with E-state index >= 15 is 0 Å². The van der Waals surface area contributed by atoms with E-state index in [2.05, 4.69) is 10.6 Å². The molecule has 1 rings (SSSR count). The molecule has 0 radical (unpaired) electrons. The van der Waals surface area contributed by atoms with Gasteiger partial charge in [-0.25, -0.2) is 0 Å². The molecule has 1 aromatic rings. The summed E-state index contributed by atoms with van der Waals surface area (Å²) in [7, 11) is 3.01. The second-order valence-electron chi connectivity index (χ2n) is 4.10. The number of rotatable bonds is 7. The Balaban J connectivity index is 2.65. The van der Waals surface area contributed by atoms with Gasteiger partial charge in [0.25, 0.3) is 5.91 Å². The van der Waals surface area contributed by atoms with Crippen LogP contribution in [0.15, 0.2) is 18.2 Å². The molecule has 0 saturated carbocycles. The molecule has 0 fully saturated rings. The Morgan fingerprint density at radius 1 is 1.15 bits per heavy atom. The summed E-state index contributed by atoms with van der Waals surface area (Å²) < 4.78 is 10.2. The van der Waals surface area contributed by atoms with Crippen molar-refractivity contribution in [3.05, 3.63) is 23.8 Å². The van der Waals surface area contributed by atoms with Gasteiger partial charge in [-0.05, 0) is 18.6 Å². The smallest absolute Gasteiger partial charge is 0.255 e. The SMILES string of the molecule is CCCNC(=O)CNC(=O)c1ccc(OC)cc1OC. The van der Waals surface area contributed by atoms with Gasteiger partial charge in [0.15, 0.2) is 0 Å². The summed E-state index contributed by atoms with van der Waals surface area (Å²) in [6, 6.07) is 4.87. The molecule has 2 N–H and O–H groups in total. The lowest BCUT2D eigenvalue weighted by molar-refractivity contribution is -0.120. The predicted octanol–water partition coefficient (Wildman–Crippen LogP) is 0.960. The molecule has 0 aliphatic carbocycles. The lowest BCUT2D eigenvalue weighted by Gasteiger charge is -2.10. The molecule has 20 heavy (non-hydrogen) atoms. The van der Waals surface area contributed by atoms with Crippen molar-refractivity contribution >= 4 is 11.8 Å². The molecule has 2 amide bonds. The summed E-state index contributed by atoms with van der Waals surface area (Å²) in [6.45, 7) is 2.50. The van der Waals surface area contributed by atoms with E-state index in [0.717, 1.165) is 6.42 Å². The number of hydrogen-bond donors (Lipinski definition) is 2. The molecule has 0 aromatic heterocycles. The molecule has 0 aliphatic rings. The van der Waals surface area contributed by atoms with Gasteiger partial charge in [0.05, 0.1) is 26.3 Å². The fourth-order valence-corrected chi connectivity index (χ4v) is 1.57. The molecule has 0 atom stereocenters. The molecular weight excluding hydrogens is 260 g/mol. The van der Waals surface area contributed by atoms with Gasteiger partial charge in [-0.15, -0.1) is 0 Å². The van der Waals surface area contributed by atoms with E-state index in [1.165, 1.54) is 14.2 Å². The van der Waals surface area contributed by atoms with Gasteiger partial charge < -0.3 is 20.1 Å². The highest BCUT2D eigenvalue weighted by atomic mass is 16.5. The van der Waals surface area contributed by atoms with E-state index in [1.54, 1.807) is 18.2 Å². The summed E-state index contributed by atoms with van der Waals surface area (Å²) >= 11 is 0. The lowest BCUT2D eigenvalue weighted by Crippen LogP contribution is -2.37. The van der Waals surface area contributed by atoms with Crippen molar-refractivity contribution in [2.45, 2.75) is 13.3 Å². The third-order valence-electron chi connectivity index (χ3n) is 2.63. The topological polar surface area (TPSA) is 76.7 Å². The van der Waals surface area contributed by atoms with Crippen molar-refractivity contribution in [2.75, 3.05) is 27.3 Å². The van der Waals surface area contributed by atoms with Gasteiger partial charge in [-0.3, -0.25) is 9.59 Å². The molecule has 1 aromatic carbocycles. The molecule has 0 heterocycles. The first-order valence-electron chi connectivity index (χ1n) is 6.39. The summed E-state index contributed by atoms with van der Waals surface area (Å²) in [5, 5.41) is 5.23. The molecule has 6 nitrogen and oxygen atoms in total. The summed E-state index contributed by atoms with van der Waals surface area (Å²) in [5.74, 6) is 0.415. The lowest BCUT2D eigenvalue weighted by atomic mass is 10.1. The zero-order valence-corrected chi connectivity index (χ0v) is 12.0. The first kappa shape index (κ1) is 15.8. The highest BCUT2D eigenvalue weighted by molar-refractivity contribution is 5.98. The minimum absolute atomic E-state index is 0.0615. The quantitative estimate of drug-likeness (QED) is 0.780. The maximum atomic E-state index is 12.0. The molecule has 110 valence electrons. The van der Waals surface area contributed by atoms with Crippen molar-refractivity contribution < 1.29 is 19.1 Å². The number of carbonyl (C=O) groups is 2. The van der Waals surface area contributed by atoms with Crippen LogP contribution < -0.4 is 20.1 Å². The van der Waals surface area contributed by atoms with Crippen molar-refractivity contribution in [3.8, 4) is 11.5 Å². The fourth-order valence-electron chi connectivity index (χ4n) is 1.57. The highest BCUT2D eigenvalue weighted by Crippen LogP contribution is 2.24. The maximum absolute atomic E-state index is 12.0. The maximum Gasteiger partial charge on any atom is 0.255 e. The number of hydrogen-bond acceptors (Lipinski definition) is 4. The van der Waals surface area contributed by atoms with Crippen LogP contribution in [-0.2, 0) is 4.79 Å². The molecule has 0 saturated heterocycles. The van der Waals surface area contributed by atoms with Gasteiger partial charge in [-0.1, -0.05) is 6.92 Å². The summed E-state index contributed by atoms with van der Waals surface area (Å²) in [6.07, 6.45) is 0.853. The Morgan fingerprint density at radius 3 is 2.50 bits per heavy atom. The third kappa shape index (κ3) is 4.46. The normalized spacial score (nSPS) is 9.75. The molecular formula is C14H20N2O4. The van der Waals surface area contributed by atoms with E-state index in [0.29, 0.717) is 23.6 Å². The predicted molar refractivity (Wildman–Crippen MR) is 75.2 cm³/mol. The number of ether oxygens (including phenoxy) is 2. The van der Waals surface area contributed by atoms with E-state index in [1.807, 2.05) is 6.92 Å². The molecule has 0 bridgehead atoms. The number of amides is 2. The Labute approximate surface area is 118 Å². The first-order valence-corrected chi connectivity index (χ1v) is 6.39. The molecule has 0 aliphatic heterocycles. The average Bonchev–Trinajstić information content (AvgIpc) is 2.49.